The van der Waals surface area contributed by atoms with Crippen molar-refractivity contribution in [3.63, 3.8) is 0 Å². The van der Waals surface area contributed by atoms with Crippen LogP contribution in [-0.4, -0.2) is 44.8 Å². The maximum absolute atomic E-state index is 12.8. The zero-order chi connectivity index (χ0) is 21.9. The zero-order valence-corrected chi connectivity index (χ0v) is 17.9. The van der Waals surface area contributed by atoms with E-state index in [0.29, 0.717) is 47.7 Å². The van der Waals surface area contributed by atoms with Gasteiger partial charge in [0.2, 0.25) is 0 Å². The van der Waals surface area contributed by atoms with E-state index in [1.807, 2.05) is 6.92 Å². The quantitative estimate of drug-likeness (QED) is 0.604. The van der Waals surface area contributed by atoms with Gasteiger partial charge in [0.15, 0.2) is 0 Å². The number of amides is 1. The molecule has 0 aliphatic carbocycles. The summed E-state index contributed by atoms with van der Waals surface area (Å²) in [6.07, 6.45) is 1.92. The number of sulfonamides is 1. The van der Waals surface area contributed by atoms with Crippen molar-refractivity contribution in [3.05, 3.63) is 46.8 Å². The van der Waals surface area contributed by atoms with E-state index in [-0.39, 0.29) is 10.6 Å². The summed E-state index contributed by atoms with van der Waals surface area (Å²) >= 11 is 0. The largest absolute Gasteiger partial charge is 0.465 e. The molecule has 1 amide bonds. The molecular weight excluding hydrogens is 408 g/mol. The molecule has 160 valence electrons. The normalized spacial score (nSPS) is 13.6. The van der Waals surface area contributed by atoms with Crippen molar-refractivity contribution in [1.82, 2.24) is 9.71 Å². The van der Waals surface area contributed by atoms with Gasteiger partial charge in [0.05, 0.1) is 17.6 Å². The summed E-state index contributed by atoms with van der Waals surface area (Å²) in [5.74, 6) is -0.567. The van der Waals surface area contributed by atoms with E-state index >= 15 is 0 Å². The Balaban J connectivity index is 1.84. The number of aryl methyl sites for hydroxylation is 1. The Hall–Kier alpha value is -3.14. The number of nitrogens with zero attached hydrogens (tertiary/aromatic N) is 1. The van der Waals surface area contributed by atoms with Crippen molar-refractivity contribution < 1.29 is 22.7 Å². The van der Waals surface area contributed by atoms with Crippen molar-refractivity contribution in [2.24, 2.45) is 4.99 Å². The molecular formula is C20H24N4O5S. The minimum Gasteiger partial charge on any atom is -0.465 e. The highest BCUT2D eigenvalue weighted by Crippen LogP contribution is 2.22. The number of carbonyl (C=O) groups is 2. The summed E-state index contributed by atoms with van der Waals surface area (Å²) in [5.41, 5.74) is 1.94. The molecule has 0 radical (unpaired) electrons. The first-order valence-electron chi connectivity index (χ1n) is 9.54. The van der Waals surface area contributed by atoms with Crippen LogP contribution in [0.25, 0.3) is 0 Å². The molecule has 0 bridgehead atoms. The third-order valence-corrected chi connectivity index (χ3v) is 6.21. The van der Waals surface area contributed by atoms with E-state index in [1.54, 1.807) is 19.1 Å². The summed E-state index contributed by atoms with van der Waals surface area (Å²) in [4.78, 5) is 31.9. The Labute approximate surface area is 175 Å². The molecule has 0 unspecified atom stereocenters. The monoisotopic (exact) mass is 432 g/mol. The smallest absolute Gasteiger partial charge is 0.339 e. The van der Waals surface area contributed by atoms with E-state index < -0.39 is 21.9 Å². The number of hydrogen-bond acceptors (Lipinski definition) is 6. The van der Waals surface area contributed by atoms with Crippen LogP contribution in [-0.2, 0) is 21.2 Å². The number of H-pyrrole nitrogens is 1. The van der Waals surface area contributed by atoms with Gasteiger partial charge in [0.25, 0.3) is 15.9 Å². The number of aromatic nitrogens is 1. The Bertz CT molecular complexity index is 1120. The first-order valence-corrected chi connectivity index (χ1v) is 11.0. The third kappa shape index (κ3) is 4.38. The van der Waals surface area contributed by atoms with Gasteiger partial charge < -0.3 is 15.0 Å². The summed E-state index contributed by atoms with van der Waals surface area (Å²) in [6.45, 7) is 4.12. The average molecular weight is 433 g/mol. The van der Waals surface area contributed by atoms with Crippen LogP contribution >= 0.6 is 0 Å². The van der Waals surface area contributed by atoms with Crippen molar-refractivity contribution >= 4 is 33.4 Å². The summed E-state index contributed by atoms with van der Waals surface area (Å²) in [6, 6.07) is 5.94. The van der Waals surface area contributed by atoms with E-state index in [1.165, 1.54) is 19.2 Å². The maximum Gasteiger partial charge on any atom is 0.339 e. The minimum absolute atomic E-state index is 0.0163. The van der Waals surface area contributed by atoms with Gasteiger partial charge in [0.1, 0.15) is 11.5 Å². The summed E-state index contributed by atoms with van der Waals surface area (Å²) in [7, 11) is -2.51. The van der Waals surface area contributed by atoms with Crippen LogP contribution < -0.4 is 10.0 Å². The van der Waals surface area contributed by atoms with E-state index in [0.717, 1.165) is 6.42 Å². The van der Waals surface area contributed by atoms with Gasteiger partial charge in [-0.15, -0.1) is 0 Å². The molecule has 0 saturated heterocycles. The molecule has 0 fully saturated rings. The van der Waals surface area contributed by atoms with Gasteiger partial charge >= 0.3 is 5.97 Å². The highest BCUT2D eigenvalue weighted by Gasteiger charge is 2.24. The minimum atomic E-state index is -3.80. The molecule has 3 N–H and O–H groups in total. The second-order valence-electron chi connectivity index (χ2n) is 6.84. The number of ether oxygens (including phenoxy) is 1. The number of rotatable bonds is 6. The molecule has 10 heteroatoms. The van der Waals surface area contributed by atoms with Gasteiger partial charge in [0, 0.05) is 24.3 Å². The Morgan fingerprint density at radius 1 is 1.30 bits per heavy atom. The maximum atomic E-state index is 12.8. The second-order valence-corrected chi connectivity index (χ2v) is 8.53. The average Bonchev–Trinajstić information content (AvgIpc) is 3.34. The number of nitrogens with one attached hydrogen (secondary N) is 3. The van der Waals surface area contributed by atoms with Crippen LogP contribution in [0.5, 0.6) is 0 Å². The molecule has 30 heavy (non-hydrogen) atoms. The SMILES string of the molecule is CCc1[nH]c(C(=O)Nc2cccc(S(=O)(=O)NC3=NCCC3)c2)c(C)c1C(=O)OC. The van der Waals surface area contributed by atoms with Crippen molar-refractivity contribution in [3.8, 4) is 0 Å². The van der Waals surface area contributed by atoms with Crippen LogP contribution in [0.4, 0.5) is 5.69 Å². The number of hydrogen-bond donors (Lipinski definition) is 3. The Morgan fingerprint density at radius 2 is 2.07 bits per heavy atom. The number of amidine groups is 1. The van der Waals surface area contributed by atoms with Gasteiger partial charge in [-0.1, -0.05) is 13.0 Å². The van der Waals surface area contributed by atoms with Crippen LogP contribution in [0, 0.1) is 6.92 Å². The topological polar surface area (TPSA) is 130 Å². The number of aromatic amines is 1. The van der Waals surface area contributed by atoms with Gasteiger partial charge in [-0.2, -0.15) is 0 Å². The van der Waals surface area contributed by atoms with Crippen LogP contribution in [0.3, 0.4) is 0 Å². The standard InChI is InChI=1S/C20H24N4O5S/c1-4-15-17(20(26)29-3)12(2)18(23-15)19(25)22-13-7-5-8-14(11-13)30(27,28)24-16-9-6-10-21-16/h5,7-8,11,23H,4,6,9-10H2,1-3H3,(H,21,24)(H,22,25). The number of esters is 1. The van der Waals surface area contributed by atoms with Crippen molar-refractivity contribution in [2.75, 3.05) is 19.0 Å². The molecule has 3 rings (SSSR count). The first kappa shape index (κ1) is 21.6. The lowest BCUT2D eigenvalue weighted by atomic mass is 10.1. The molecule has 0 saturated carbocycles. The highest BCUT2D eigenvalue weighted by atomic mass is 32.2. The third-order valence-electron chi connectivity index (χ3n) is 4.83. The number of carbonyl (C=O) groups excluding carboxylic acids is 2. The zero-order valence-electron chi connectivity index (χ0n) is 17.0. The molecule has 0 atom stereocenters. The molecule has 2 heterocycles. The van der Waals surface area contributed by atoms with Crippen LogP contribution in [0.15, 0.2) is 34.2 Å². The summed E-state index contributed by atoms with van der Waals surface area (Å²) in [5, 5.41) is 2.68. The molecule has 2 aromatic rings. The lowest BCUT2D eigenvalue weighted by Crippen LogP contribution is -2.29. The number of anilines is 1. The van der Waals surface area contributed by atoms with Crippen LogP contribution in [0.1, 0.15) is 51.9 Å². The van der Waals surface area contributed by atoms with Gasteiger partial charge in [-0.3, -0.25) is 14.5 Å². The number of aliphatic imine (C=N–C) groups is 1. The van der Waals surface area contributed by atoms with E-state index in [4.69, 9.17) is 4.74 Å². The first-order chi connectivity index (χ1) is 14.3. The van der Waals surface area contributed by atoms with E-state index in [2.05, 4.69) is 20.0 Å². The molecule has 1 aliphatic rings. The molecule has 9 nitrogen and oxygen atoms in total. The highest BCUT2D eigenvalue weighted by molar-refractivity contribution is 7.90. The fourth-order valence-corrected chi connectivity index (χ4v) is 4.44. The molecule has 1 aromatic heterocycles. The predicted octanol–water partition coefficient (Wildman–Crippen LogP) is 2.40. The molecule has 0 spiro atoms. The Kier molecular flexibility index (Phi) is 6.25. The van der Waals surface area contributed by atoms with Crippen molar-refractivity contribution in [2.45, 2.75) is 38.0 Å². The summed E-state index contributed by atoms with van der Waals surface area (Å²) < 4.78 is 32.5. The lowest BCUT2D eigenvalue weighted by molar-refractivity contribution is 0.0599. The van der Waals surface area contributed by atoms with Crippen LogP contribution in [0.2, 0.25) is 0 Å². The van der Waals surface area contributed by atoms with Crippen molar-refractivity contribution in [1.29, 1.82) is 0 Å². The van der Waals surface area contributed by atoms with E-state index in [9.17, 15) is 18.0 Å². The van der Waals surface area contributed by atoms with Gasteiger partial charge in [-0.05, 0) is 43.5 Å². The predicted molar refractivity (Wildman–Crippen MR) is 112 cm³/mol. The fraction of sp³-hybridized carbons (Fsp3) is 0.350. The number of methoxy groups -OCH3 is 1. The molecule has 1 aliphatic heterocycles. The van der Waals surface area contributed by atoms with Gasteiger partial charge in [-0.25, -0.2) is 13.2 Å². The lowest BCUT2D eigenvalue weighted by Gasteiger charge is -2.10. The second kappa shape index (κ2) is 8.70. The number of benzene rings is 1. The molecule has 1 aromatic carbocycles. The fourth-order valence-electron chi connectivity index (χ4n) is 3.30. The Morgan fingerprint density at radius 3 is 2.70 bits per heavy atom.